The predicted molar refractivity (Wildman–Crippen MR) is 217 cm³/mol. The fraction of sp³-hybridized carbons (Fsp3) is 0.738. The van der Waals surface area contributed by atoms with E-state index >= 15 is 0 Å². The number of methoxy groups -OCH3 is 1. The summed E-state index contributed by atoms with van der Waals surface area (Å²) in [4.78, 5) is 45.4. The van der Waals surface area contributed by atoms with Crippen molar-refractivity contribution in [1.82, 2.24) is 30.1 Å². The first kappa shape index (κ1) is 45.4. The van der Waals surface area contributed by atoms with Crippen LogP contribution in [-0.4, -0.2) is 142 Å². The number of aliphatic hydroxyl groups is 1. The number of esters is 1. The number of nitrogen functional groups attached to an aromatic ring is 1. The number of anilines is 1. The average molecular weight is 814 g/mol. The Morgan fingerprint density at radius 3 is 2.50 bits per heavy atom. The van der Waals surface area contributed by atoms with Crippen LogP contribution in [0, 0.1) is 11.8 Å². The van der Waals surface area contributed by atoms with Gasteiger partial charge in [-0.25, -0.2) is 4.79 Å². The third kappa shape index (κ3) is 10.2. The van der Waals surface area contributed by atoms with Gasteiger partial charge in [0.25, 0.3) is 0 Å². The fourth-order valence-electron chi connectivity index (χ4n) is 8.95. The second-order valence-corrected chi connectivity index (χ2v) is 17.3. The molecule has 12 atom stereocenters. The standard InChI is InChI=1S/C42H67N7O9/c1-11-34-42(7)37(49(40(53)58-42)18-13-12-17-48-24-31(45-46-48)29-15-14-16-30(43)20-29)28(5)44-23-25(2)22-41(6,54-10)35(21-33(50)27(4)38(52)56-34)57-39-36(51)32(47(8)9)19-26(3)55-39/h14-16,20,24-28,32,34-37,39,44,51H,11-13,17-19,21-23,43H2,1-10H3/t25-,26-,27-,28-,32?,34-,35-,36?,37-,39+,41-,42-/m1/s1. The summed E-state index contributed by atoms with van der Waals surface area (Å²) in [6, 6.07) is 6.47. The summed E-state index contributed by atoms with van der Waals surface area (Å²) in [6.45, 7) is 14.7. The van der Waals surface area contributed by atoms with Crippen LogP contribution in [0.2, 0.25) is 0 Å². The molecule has 3 aliphatic heterocycles. The van der Waals surface area contributed by atoms with E-state index in [2.05, 4.69) is 22.6 Å². The van der Waals surface area contributed by atoms with Gasteiger partial charge in [-0.05, 0) is 105 Å². The highest BCUT2D eigenvalue weighted by Gasteiger charge is 2.58. The molecule has 0 saturated carbocycles. The number of nitrogens with zero attached hydrogens (tertiary/aromatic N) is 5. The molecule has 3 aliphatic rings. The van der Waals surface area contributed by atoms with Crippen LogP contribution in [0.1, 0.15) is 87.0 Å². The molecule has 0 bridgehead atoms. The molecule has 58 heavy (non-hydrogen) atoms. The first-order valence-corrected chi connectivity index (χ1v) is 20.8. The van der Waals surface area contributed by atoms with Gasteiger partial charge in [0.15, 0.2) is 11.9 Å². The number of carbonyl (C=O) groups is 3. The summed E-state index contributed by atoms with van der Waals surface area (Å²) in [5.74, 6) is -2.27. The van der Waals surface area contributed by atoms with E-state index in [1.54, 1.807) is 16.7 Å². The number of carbonyl (C=O) groups excluding carboxylic acids is 3. The molecule has 0 radical (unpaired) electrons. The number of ether oxygens (including phenoxy) is 5. The predicted octanol–water partition coefficient (Wildman–Crippen LogP) is 4.04. The van der Waals surface area contributed by atoms with Crippen LogP contribution in [-0.2, 0) is 39.8 Å². The molecule has 2 unspecified atom stereocenters. The number of aliphatic hydroxyl groups excluding tert-OH is 1. The number of ketones is 1. The topological polar surface area (TPSA) is 193 Å². The number of likely N-dealkylation sites (N-methyl/N-ethyl adjacent to an activating group) is 1. The van der Waals surface area contributed by atoms with Crippen molar-refractivity contribution < 1.29 is 43.2 Å². The lowest BCUT2D eigenvalue weighted by atomic mass is 9.83. The first-order valence-electron chi connectivity index (χ1n) is 20.8. The molecule has 1 amide bonds. The van der Waals surface area contributed by atoms with Gasteiger partial charge in [0.1, 0.15) is 29.6 Å². The van der Waals surface area contributed by atoms with E-state index in [1.165, 1.54) is 6.92 Å². The highest BCUT2D eigenvalue weighted by molar-refractivity contribution is 5.99. The maximum absolute atomic E-state index is 14.0. The number of amides is 1. The molecule has 2 aromatic rings. The van der Waals surface area contributed by atoms with Gasteiger partial charge in [-0.3, -0.25) is 19.2 Å². The van der Waals surface area contributed by atoms with Gasteiger partial charge in [0.2, 0.25) is 0 Å². The normalized spacial score (nSPS) is 35.6. The van der Waals surface area contributed by atoms with Crippen molar-refractivity contribution in [3.63, 3.8) is 0 Å². The van der Waals surface area contributed by atoms with Gasteiger partial charge in [-0.15, -0.1) is 5.10 Å². The van der Waals surface area contributed by atoms with E-state index in [0.717, 1.165) is 11.3 Å². The van der Waals surface area contributed by atoms with Crippen molar-refractivity contribution in [3.8, 4) is 11.3 Å². The van der Waals surface area contributed by atoms with E-state index in [0.29, 0.717) is 57.4 Å². The Morgan fingerprint density at radius 1 is 1.10 bits per heavy atom. The number of Topliss-reactive ketones (excluding diaryl/α,β-unsaturated/α-hetero) is 1. The summed E-state index contributed by atoms with van der Waals surface area (Å²) >= 11 is 0. The summed E-state index contributed by atoms with van der Waals surface area (Å²) in [5.41, 5.74) is 5.98. The molecule has 16 nitrogen and oxygen atoms in total. The molecule has 3 fully saturated rings. The zero-order chi connectivity index (χ0) is 42.5. The molecule has 0 spiro atoms. The fourth-order valence-corrected chi connectivity index (χ4v) is 8.95. The number of benzene rings is 1. The maximum Gasteiger partial charge on any atom is 0.410 e. The van der Waals surface area contributed by atoms with Crippen molar-refractivity contribution >= 4 is 23.5 Å². The Balaban J connectivity index is 1.35. The lowest BCUT2D eigenvalue weighted by Gasteiger charge is -2.45. The minimum Gasteiger partial charge on any atom is -0.458 e. The van der Waals surface area contributed by atoms with Crippen LogP contribution in [0.15, 0.2) is 30.5 Å². The number of unbranched alkanes of at least 4 members (excludes halogenated alkanes) is 1. The van der Waals surface area contributed by atoms with E-state index in [-0.39, 0.29) is 30.5 Å². The number of hydrogen-bond acceptors (Lipinski definition) is 14. The Bertz CT molecular complexity index is 1710. The third-order valence-electron chi connectivity index (χ3n) is 12.5. The largest absolute Gasteiger partial charge is 0.458 e. The van der Waals surface area contributed by atoms with E-state index in [1.807, 2.05) is 84.1 Å². The number of aromatic nitrogens is 3. The van der Waals surface area contributed by atoms with Crippen LogP contribution in [0.5, 0.6) is 0 Å². The Labute approximate surface area is 343 Å². The molecule has 3 saturated heterocycles. The van der Waals surface area contributed by atoms with Gasteiger partial charge < -0.3 is 44.7 Å². The quantitative estimate of drug-likeness (QED) is 0.127. The summed E-state index contributed by atoms with van der Waals surface area (Å²) in [6.07, 6.45) is 0.116. The first-order chi connectivity index (χ1) is 27.4. The second-order valence-electron chi connectivity index (χ2n) is 17.3. The van der Waals surface area contributed by atoms with Crippen molar-refractivity contribution in [2.24, 2.45) is 11.8 Å². The van der Waals surface area contributed by atoms with E-state index in [4.69, 9.17) is 29.4 Å². The number of nitrogens with two attached hydrogens (primary N) is 1. The number of aryl methyl sites for hydroxylation is 1. The van der Waals surface area contributed by atoms with Crippen LogP contribution in [0.4, 0.5) is 10.5 Å². The van der Waals surface area contributed by atoms with Crippen molar-refractivity contribution in [2.45, 2.75) is 154 Å². The molecule has 5 rings (SSSR count). The highest BCUT2D eigenvalue weighted by Crippen LogP contribution is 2.39. The van der Waals surface area contributed by atoms with Crippen molar-refractivity contribution in [3.05, 3.63) is 30.5 Å². The van der Waals surface area contributed by atoms with Gasteiger partial charge in [0, 0.05) is 50.0 Å². The summed E-state index contributed by atoms with van der Waals surface area (Å²) < 4.78 is 33.0. The summed E-state index contributed by atoms with van der Waals surface area (Å²) in [5, 5.41) is 23.6. The smallest absolute Gasteiger partial charge is 0.410 e. The number of nitrogens with one attached hydrogen (secondary N) is 1. The summed E-state index contributed by atoms with van der Waals surface area (Å²) in [7, 11) is 5.38. The zero-order valence-electron chi connectivity index (χ0n) is 36.1. The number of fused-ring (bicyclic) bond motifs is 1. The SMILES string of the molecule is CC[C@H]1OC(=O)[C@H](C)C(=O)C[C@@H](O[C@@H]2O[C@H](C)CC(N(C)C)C2O)[C@](C)(OC)C[C@@H](C)CN[C@H](C)[C@H]2N(CCCCn3cc(-c4cccc(N)c4)nn3)C(=O)O[C@]12C. The highest BCUT2D eigenvalue weighted by atomic mass is 16.7. The Hall–Kier alpha value is -3.67. The van der Waals surface area contributed by atoms with E-state index < -0.39 is 65.6 Å². The minimum absolute atomic E-state index is 0.000667. The van der Waals surface area contributed by atoms with E-state index in [9.17, 15) is 19.5 Å². The molecular weight excluding hydrogens is 747 g/mol. The zero-order valence-corrected chi connectivity index (χ0v) is 36.1. The Kier molecular flexibility index (Phi) is 15.0. The molecule has 4 N–H and O–H groups in total. The van der Waals surface area contributed by atoms with Crippen LogP contribution in [0.25, 0.3) is 11.3 Å². The average Bonchev–Trinajstić information content (AvgIpc) is 3.76. The van der Waals surface area contributed by atoms with Gasteiger partial charge >= 0.3 is 12.1 Å². The molecule has 0 aliphatic carbocycles. The third-order valence-corrected chi connectivity index (χ3v) is 12.5. The van der Waals surface area contributed by atoms with Gasteiger partial charge in [0.05, 0.1) is 30.0 Å². The lowest BCUT2D eigenvalue weighted by Crippen LogP contribution is -2.61. The number of hydrogen-bond donors (Lipinski definition) is 3. The molecule has 1 aromatic heterocycles. The van der Waals surface area contributed by atoms with Gasteiger partial charge in [-0.2, -0.15) is 0 Å². The van der Waals surface area contributed by atoms with Crippen LogP contribution in [0.3, 0.4) is 0 Å². The number of rotatable bonds is 11. The monoisotopic (exact) mass is 814 g/mol. The maximum atomic E-state index is 14.0. The van der Waals surface area contributed by atoms with Crippen LogP contribution >= 0.6 is 0 Å². The molecule has 16 heteroatoms. The minimum atomic E-state index is -1.22. The lowest BCUT2D eigenvalue weighted by molar-refractivity contribution is -0.289. The molecule has 324 valence electrons. The molecular formula is C42H67N7O9. The van der Waals surface area contributed by atoms with Crippen molar-refractivity contribution in [2.75, 3.05) is 40.0 Å². The molecule has 4 heterocycles. The second kappa shape index (κ2) is 19.1. The molecule has 1 aromatic carbocycles. The van der Waals surface area contributed by atoms with Gasteiger partial charge in [-0.1, -0.05) is 31.2 Å². The van der Waals surface area contributed by atoms with Crippen molar-refractivity contribution in [1.29, 1.82) is 0 Å². The Morgan fingerprint density at radius 2 is 1.83 bits per heavy atom. The van der Waals surface area contributed by atoms with Crippen LogP contribution < -0.4 is 11.1 Å². The number of cyclic esters (lactones) is 1.